The first-order valence-electron chi connectivity index (χ1n) is 4.26. The standard InChI is InChI=1S/C9H12ClN3O/c1-6(11)5-9(14)13-8-4-2-3-7(10)12-8/h2-4,6H,5,11H2,1H3,(H,12,13,14). The monoisotopic (exact) mass is 213 g/mol. The summed E-state index contributed by atoms with van der Waals surface area (Å²) in [6.45, 7) is 1.77. The van der Waals surface area contributed by atoms with Crippen molar-refractivity contribution in [3.63, 3.8) is 0 Å². The van der Waals surface area contributed by atoms with Gasteiger partial charge < -0.3 is 11.1 Å². The van der Waals surface area contributed by atoms with Crippen LogP contribution >= 0.6 is 11.6 Å². The lowest BCUT2D eigenvalue weighted by Crippen LogP contribution is -2.24. The summed E-state index contributed by atoms with van der Waals surface area (Å²) >= 11 is 5.65. The van der Waals surface area contributed by atoms with Gasteiger partial charge in [-0.05, 0) is 19.1 Å². The lowest BCUT2D eigenvalue weighted by molar-refractivity contribution is -0.116. The van der Waals surface area contributed by atoms with Crippen LogP contribution in [0.3, 0.4) is 0 Å². The summed E-state index contributed by atoms with van der Waals surface area (Å²) in [6, 6.07) is 4.87. The fourth-order valence-electron chi connectivity index (χ4n) is 0.964. The van der Waals surface area contributed by atoms with Gasteiger partial charge in [0, 0.05) is 12.5 Å². The van der Waals surface area contributed by atoms with Crippen molar-refractivity contribution in [3.05, 3.63) is 23.4 Å². The molecule has 1 aromatic heterocycles. The van der Waals surface area contributed by atoms with Crippen LogP contribution in [0, 0.1) is 0 Å². The van der Waals surface area contributed by atoms with E-state index in [4.69, 9.17) is 17.3 Å². The Bertz CT molecular complexity index is 328. The number of nitrogens with two attached hydrogens (primary N) is 1. The average molecular weight is 214 g/mol. The molecule has 0 radical (unpaired) electrons. The molecule has 0 aromatic carbocycles. The lowest BCUT2D eigenvalue weighted by atomic mass is 10.2. The molecule has 0 bridgehead atoms. The number of amides is 1. The third-order valence-electron chi connectivity index (χ3n) is 1.49. The molecule has 1 unspecified atom stereocenters. The van der Waals surface area contributed by atoms with Gasteiger partial charge in [0.05, 0.1) is 0 Å². The van der Waals surface area contributed by atoms with E-state index in [2.05, 4.69) is 10.3 Å². The van der Waals surface area contributed by atoms with Crippen LogP contribution in [0.1, 0.15) is 13.3 Å². The number of anilines is 1. The Kier molecular flexibility index (Phi) is 3.85. The summed E-state index contributed by atoms with van der Waals surface area (Å²) in [6.07, 6.45) is 0.272. The second-order valence-corrected chi connectivity index (χ2v) is 3.46. The second kappa shape index (κ2) is 4.93. The molecule has 76 valence electrons. The van der Waals surface area contributed by atoms with E-state index in [1.165, 1.54) is 0 Å². The van der Waals surface area contributed by atoms with Gasteiger partial charge in [-0.25, -0.2) is 4.98 Å². The maximum absolute atomic E-state index is 11.3. The van der Waals surface area contributed by atoms with Gasteiger partial charge in [-0.3, -0.25) is 4.79 Å². The van der Waals surface area contributed by atoms with Gasteiger partial charge >= 0.3 is 0 Å². The molecule has 14 heavy (non-hydrogen) atoms. The van der Waals surface area contributed by atoms with Crippen molar-refractivity contribution in [1.82, 2.24) is 4.98 Å². The van der Waals surface area contributed by atoms with Crippen LogP contribution in [0.15, 0.2) is 18.2 Å². The first-order valence-corrected chi connectivity index (χ1v) is 4.63. The number of aromatic nitrogens is 1. The van der Waals surface area contributed by atoms with E-state index in [0.29, 0.717) is 11.0 Å². The van der Waals surface area contributed by atoms with Crippen LogP contribution in [-0.2, 0) is 4.79 Å². The first kappa shape index (κ1) is 10.9. The Balaban J connectivity index is 2.56. The highest BCUT2D eigenvalue weighted by Crippen LogP contribution is 2.09. The minimum atomic E-state index is -0.158. The predicted molar refractivity (Wildman–Crippen MR) is 56.1 cm³/mol. The van der Waals surface area contributed by atoms with Crippen molar-refractivity contribution in [1.29, 1.82) is 0 Å². The lowest BCUT2D eigenvalue weighted by Gasteiger charge is -2.06. The summed E-state index contributed by atoms with van der Waals surface area (Å²) in [7, 11) is 0. The van der Waals surface area contributed by atoms with Gasteiger partial charge in [-0.1, -0.05) is 17.7 Å². The molecule has 0 aliphatic rings. The number of carbonyl (C=O) groups excluding carboxylic acids is 1. The van der Waals surface area contributed by atoms with Gasteiger partial charge in [-0.2, -0.15) is 0 Å². The summed E-state index contributed by atoms with van der Waals surface area (Å²) in [5.41, 5.74) is 5.47. The van der Waals surface area contributed by atoms with Gasteiger partial charge in [0.25, 0.3) is 0 Å². The quantitative estimate of drug-likeness (QED) is 0.746. The molecule has 1 atom stereocenters. The summed E-state index contributed by atoms with van der Waals surface area (Å²) in [5.74, 6) is 0.290. The fraction of sp³-hybridized carbons (Fsp3) is 0.333. The van der Waals surface area contributed by atoms with Crippen LogP contribution in [0.25, 0.3) is 0 Å². The average Bonchev–Trinajstić information content (AvgIpc) is 2.01. The number of hydrogen-bond acceptors (Lipinski definition) is 3. The van der Waals surface area contributed by atoms with Crippen LogP contribution < -0.4 is 11.1 Å². The molecule has 1 aromatic rings. The van der Waals surface area contributed by atoms with E-state index in [1.54, 1.807) is 25.1 Å². The summed E-state index contributed by atoms with van der Waals surface area (Å²) in [5, 5.41) is 2.95. The number of hydrogen-bond donors (Lipinski definition) is 2. The Hall–Kier alpha value is -1.13. The highest BCUT2D eigenvalue weighted by molar-refractivity contribution is 6.29. The smallest absolute Gasteiger partial charge is 0.227 e. The molecule has 4 nitrogen and oxygen atoms in total. The molecule has 0 saturated heterocycles. The van der Waals surface area contributed by atoms with Crippen molar-refractivity contribution in [2.45, 2.75) is 19.4 Å². The zero-order chi connectivity index (χ0) is 10.6. The maximum atomic E-state index is 11.3. The predicted octanol–water partition coefficient (Wildman–Crippen LogP) is 1.41. The normalized spacial score (nSPS) is 12.2. The SMILES string of the molecule is CC(N)CC(=O)Nc1cccc(Cl)n1. The Morgan fingerprint density at radius 2 is 2.43 bits per heavy atom. The molecule has 0 fully saturated rings. The fourth-order valence-corrected chi connectivity index (χ4v) is 1.13. The third-order valence-corrected chi connectivity index (χ3v) is 1.70. The van der Waals surface area contributed by atoms with Gasteiger partial charge in [-0.15, -0.1) is 0 Å². The molecule has 0 aliphatic carbocycles. The zero-order valence-corrected chi connectivity index (χ0v) is 8.58. The second-order valence-electron chi connectivity index (χ2n) is 3.08. The number of carbonyl (C=O) groups is 1. The number of pyridine rings is 1. The first-order chi connectivity index (χ1) is 6.58. The van der Waals surface area contributed by atoms with E-state index >= 15 is 0 Å². The van der Waals surface area contributed by atoms with Gasteiger partial charge in [0.1, 0.15) is 11.0 Å². The minimum Gasteiger partial charge on any atom is -0.327 e. The topological polar surface area (TPSA) is 68.0 Å². The van der Waals surface area contributed by atoms with Crippen molar-refractivity contribution in [2.24, 2.45) is 5.73 Å². The van der Waals surface area contributed by atoms with Gasteiger partial charge in [0.15, 0.2) is 0 Å². The summed E-state index contributed by atoms with van der Waals surface area (Å²) in [4.78, 5) is 15.2. The number of halogens is 1. The molecule has 5 heteroatoms. The van der Waals surface area contributed by atoms with Crippen molar-refractivity contribution in [3.8, 4) is 0 Å². The largest absolute Gasteiger partial charge is 0.327 e. The van der Waals surface area contributed by atoms with E-state index < -0.39 is 0 Å². The molecule has 0 aliphatic heterocycles. The number of nitrogens with one attached hydrogen (secondary N) is 1. The van der Waals surface area contributed by atoms with E-state index in [-0.39, 0.29) is 18.4 Å². The van der Waals surface area contributed by atoms with Crippen LogP contribution in [0.5, 0.6) is 0 Å². The Morgan fingerprint density at radius 3 is 3.00 bits per heavy atom. The highest BCUT2D eigenvalue weighted by atomic mass is 35.5. The van der Waals surface area contributed by atoms with Crippen LogP contribution in [-0.4, -0.2) is 16.9 Å². The summed E-state index contributed by atoms with van der Waals surface area (Å²) < 4.78 is 0. The molecular formula is C9H12ClN3O. The van der Waals surface area contributed by atoms with Crippen molar-refractivity contribution >= 4 is 23.3 Å². The van der Waals surface area contributed by atoms with E-state index in [0.717, 1.165) is 0 Å². The van der Waals surface area contributed by atoms with Crippen molar-refractivity contribution in [2.75, 3.05) is 5.32 Å². The molecule has 1 amide bonds. The molecule has 1 heterocycles. The zero-order valence-electron chi connectivity index (χ0n) is 7.83. The van der Waals surface area contributed by atoms with E-state index in [1.807, 2.05) is 0 Å². The van der Waals surface area contributed by atoms with Gasteiger partial charge in [0.2, 0.25) is 5.91 Å². The molecule has 0 spiro atoms. The Morgan fingerprint density at radius 1 is 1.71 bits per heavy atom. The molecular weight excluding hydrogens is 202 g/mol. The van der Waals surface area contributed by atoms with Crippen LogP contribution in [0.4, 0.5) is 5.82 Å². The van der Waals surface area contributed by atoms with E-state index in [9.17, 15) is 4.79 Å². The number of nitrogens with zero attached hydrogens (tertiary/aromatic N) is 1. The molecule has 0 saturated carbocycles. The van der Waals surface area contributed by atoms with Crippen molar-refractivity contribution < 1.29 is 4.79 Å². The maximum Gasteiger partial charge on any atom is 0.227 e. The molecule has 3 N–H and O–H groups in total. The molecule has 1 rings (SSSR count). The van der Waals surface area contributed by atoms with Crippen LogP contribution in [0.2, 0.25) is 5.15 Å². The highest BCUT2D eigenvalue weighted by Gasteiger charge is 2.05. The third kappa shape index (κ3) is 3.72. The Labute approximate surface area is 87.5 Å². The number of rotatable bonds is 3. The minimum absolute atomic E-state index is 0.158.